The van der Waals surface area contributed by atoms with Crippen LogP contribution in [-0.2, 0) is 15.9 Å². The quantitative estimate of drug-likeness (QED) is 0.787. The predicted molar refractivity (Wildman–Crippen MR) is 61.7 cm³/mol. The molecule has 2 heterocycles. The summed E-state index contributed by atoms with van der Waals surface area (Å²) in [6, 6.07) is 2.70. The minimum Gasteiger partial charge on any atom is -0.478 e. The average Bonchev–Trinajstić information content (AvgIpc) is 2.26. The minimum absolute atomic E-state index is 0.0426. The summed E-state index contributed by atoms with van der Waals surface area (Å²) in [5.74, 6) is -1.74. The number of fused-ring (bicyclic) bond motifs is 1. The van der Waals surface area contributed by atoms with Crippen molar-refractivity contribution in [2.24, 2.45) is 0 Å². The molecule has 2 rings (SSSR count). The lowest BCUT2D eigenvalue weighted by Gasteiger charge is -2.04. The summed E-state index contributed by atoms with van der Waals surface area (Å²) in [4.78, 5) is 18.5. The average molecular weight is 268 g/mol. The van der Waals surface area contributed by atoms with Crippen molar-refractivity contribution in [2.75, 3.05) is 0 Å². The van der Waals surface area contributed by atoms with Crippen molar-refractivity contribution in [1.29, 1.82) is 0 Å². The van der Waals surface area contributed by atoms with E-state index in [4.69, 9.17) is 9.66 Å². The Morgan fingerprint density at radius 1 is 1.33 bits per heavy atom. The van der Waals surface area contributed by atoms with Gasteiger partial charge in [0.25, 0.3) is 10.1 Å². The number of pyridine rings is 2. The van der Waals surface area contributed by atoms with Crippen molar-refractivity contribution in [2.45, 2.75) is 5.75 Å². The SMILES string of the molecule is O=C(O)c1cnc2c(CS(=O)(=O)O)ccnc2c1. The number of carboxylic acid groups (broad SMARTS) is 1. The van der Waals surface area contributed by atoms with Crippen LogP contribution in [0, 0.1) is 0 Å². The van der Waals surface area contributed by atoms with Crippen LogP contribution >= 0.6 is 0 Å². The Morgan fingerprint density at radius 3 is 2.67 bits per heavy atom. The van der Waals surface area contributed by atoms with Gasteiger partial charge in [0.05, 0.1) is 16.6 Å². The molecule has 7 nitrogen and oxygen atoms in total. The van der Waals surface area contributed by atoms with Crippen LogP contribution in [0.2, 0.25) is 0 Å². The Morgan fingerprint density at radius 2 is 2.06 bits per heavy atom. The number of hydrogen-bond acceptors (Lipinski definition) is 5. The zero-order chi connectivity index (χ0) is 13.3. The Labute approximate surface area is 102 Å². The zero-order valence-electron chi connectivity index (χ0n) is 8.94. The second kappa shape index (κ2) is 4.31. The van der Waals surface area contributed by atoms with Gasteiger partial charge in [-0.15, -0.1) is 0 Å². The van der Waals surface area contributed by atoms with Gasteiger partial charge in [0.2, 0.25) is 0 Å². The number of aromatic carboxylic acids is 1. The first-order valence-electron chi connectivity index (χ1n) is 4.79. The van der Waals surface area contributed by atoms with Crippen LogP contribution in [0.4, 0.5) is 0 Å². The van der Waals surface area contributed by atoms with E-state index in [1.807, 2.05) is 0 Å². The van der Waals surface area contributed by atoms with Gasteiger partial charge in [-0.3, -0.25) is 14.5 Å². The van der Waals surface area contributed by atoms with Crippen molar-refractivity contribution in [3.63, 3.8) is 0 Å². The predicted octanol–water partition coefficient (Wildman–Crippen LogP) is 0.716. The van der Waals surface area contributed by atoms with Crippen LogP contribution in [0.1, 0.15) is 15.9 Å². The summed E-state index contributed by atoms with van der Waals surface area (Å²) in [6.45, 7) is 0. The molecule has 0 saturated carbocycles. The number of nitrogens with zero attached hydrogens (tertiary/aromatic N) is 2. The monoisotopic (exact) mass is 268 g/mol. The highest BCUT2D eigenvalue weighted by Crippen LogP contribution is 2.17. The molecule has 0 aliphatic rings. The lowest BCUT2D eigenvalue weighted by molar-refractivity contribution is 0.0696. The fraction of sp³-hybridized carbons (Fsp3) is 0.100. The van der Waals surface area contributed by atoms with Gasteiger partial charge in [-0.05, 0) is 17.7 Å². The highest BCUT2D eigenvalue weighted by atomic mass is 32.2. The second-order valence-corrected chi connectivity index (χ2v) is 5.05. The summed E-state index contributed by atoms with van der Waals surface area (Å²) in [6.07, 6.45) is 2.44. The fourth-order valence-electron chi connectivity index (χ4n) is 1.52. The molecule has 0 fully saturated rings. The molecular weight excluding hydrogens is 260 g/mol. The lowest BCUT2D eigenvalue weighted by atomic mass is 10.2. The molecule has 0 bridgehead atoms. The van der Waals surface area contributed by atoms with E-state index in [0.29, 0.717) is 0 Å². The van der Waals surface area contributed by atoms with Crippen molar-refractivity contribution >= 4 is 27.1 Å². The standard InChI is InChI=1S/C10H8N2O5S/c13-10(14)7-3-8-9(12-4-7)6(1-2-11-8)5-18(15,16)17/h1-4H,5H2,(H,13,14)(H,15,16,17). The summed E-state index contributed by atoms with van der Waals surface area (Å²) in [5.41, 5.74) is 0.731. The van der Waals surface area contributed by atoms with E-state index in [0.717, 1.165) is 6.20 Å². The summed E-state index contributed by atoms with van der Waals surface area (Å²) in [7, 11) is -4.18. The molecule has 2 N–H and O–H groups in total. The Hall–Kier alpha value is -2.06. The number of rotatable bonds is 3. The molecular formula is C10H8N2O5S. The molecule has 0 spiro atoms. The smallest absolute Gasteiger partial charge is 0.337 e. The van der Waals surface area contributed by atoms with Crippen LogP contribution in [0.25, 0.3) is 11.0 Å². The number of carboxylic acids is 1. The Balaban J connectivity index is 2.61. The van der Waals surface area contributed by atoms with Crippen molar-refractivity contribution in [1.82, 2.24) is 9.97 Å². The van der Waals surface area contributed by atoms with Crippen molar-refractivity contribution in [3.8, 4) is 0 Å². The van der Waals surface area contributed by atoms with Crippen LogP contribution < -0.4 is 0 Å². The van der Waals surface area contributed by atoms with Gasteiger partial charge in [0.1, 0.15) is 5.75 Å². The molecule has 18 heavy (non-hydrogen) atoms. The van der Waals surface area contributed by atoms with Gasteiger partial charge < -0.3 is 5.11 Å². The molecule has 0 aliphatic carbocycles. The number of aromatic nitrogens is 2. The van der Waals surface area contributed by atoms with Crippen LogP contribution in [0.15, 0.2) is 24.5 Å². The fourth-order valence-corrected chi connectivity index (χ4v) is 2.14. The molecule has 0 amide bonds. The van der Waals surface area contributed by atoms with Gasteiger partial charge in [-0.25, -0.2) is 4.79 Å². The molecule has 2 aromatic heterocycles. The second-order valence-electron chi connectivity index (χ2n) is 3.59. The normalized spacial score (nSPS) is 11.6. The Kier molecular flexibility index (Phi) is 2.97. The van der Waals surface area contributed by atoms with E-state index in [1.165, 1.54) is 18.3 Å². The Bertz CT molecular complexity index is 726. The first-order chi connectivity index (χ1) is 8.37. The third-order valence-corrected chi connectivity index (χ3v) is 2.92. The molecule has 0 saturated heterocycles. The van der Waals surface area contributed by atoms with Crippen molar-refractivity contribution < 1.29 is 22.9 Å². The number of hydrogen-bond donors (Lipinski definition) is 2. The lowest BCUT2D eigenvalue weighted by Crippen LogP contribution is -2.04. The van der Waals surface area contributed by atoms with Crippen LogP contribution in [0.3, 0.4) is 0 Å². The summed E-state index contributed by atoms with van der Waals surface area (Å²) in [5, 5.41) is 8.80. The van der Waals surface area contributed by atoms with Crippen LogP contribution in [-0.4, -0.2) is 34.0 Å². The van der Waals surface area contributed by atoms with Gasteiger partial charge in [-0.1, -0.05) is 0 Å². The zero-order valence-corrected chi connectivity index (χ0v) is 9.75. The molecule has 2 aromatic rings. The first-order valence-corrected chi connectivity index (χ1v) is 6.40. The molecule has 0 aromatic carbocycles. The van der Waals surface area contributed by atoms with Gasteiger partial charge in [-0.2, -0.15) is 8.42 Å². The maximum absolute atomic E-state index is 10.8. The molecule has 94 valence electrons. The van der Waals surface area contributed by atoms with E-state index in [2.05, 4.69) is 9.97 Å². The third kappa shape index (κ3) is 2.60. The van der Waals surface area contributed by atoms with Gasteiger partial charge in [0, 0.05) is 12.4 Å². The largest absolute Gasteiger partial charge is 0.478 e. The molecule has 8 heteroatoms. The van der Waals surface area contributed by atoms with Crippen LogP contribution in [0.5, 0.6) is 0 Å². The van der Waals surface area contributed by atoms with Gasteiger partial charge in [0.15, 0.2) is 0 Å². The van der Waals surface area contributed by atoms with Gasteiger partial charge >= 0.3 is 5.97 Å². The maximum atomic E-state index is 10.8. The van der Waals surface area contributed by atoms with E-state index in [9.17, 15) is 13.2 Å². The van der Waals surface area contributed by atoms with E-state index >= 15 is 0 Å². The highest BCUT2D eigenvalue weighted by molar-refractivity contribution is 7.85. The first kappa shape index (κ1) is 12.4. The third-order valence-electron chi connectivity index (χ3n) is 2.25. The molecule has 0 unspecified atom stereocenters. The summed E-state index contributed by atoms with van der Waals surface area (Å²) >= 11 is 0. The molecule has 0 radical (unpaired) electrons. The van der Waals surface area contributed by atoms with E-state index in [-0.39, 0.29) is 22.2 Å². The molecule has 0 atom stereocenters. The van der Waals surface area contributed by atoms with E-state index < -0.39 is 21.8 Å². The summed E-state index contributed by atoms with van der Waals surface area (Å²) < 4.78 is 30.5. The topological polar surface area (TPSA) is 117 Å². The highest BCUT2D eigenvalue weighted by Gasteiger charge is 2.13. The van der Waals surface area contributed by atoms with Crippen molar-refractivity contribution in [3.05, 3.63) is 35.7 Å². The minimum atomic E-state index is -4.18. The van der Waals surface area contributed by atoms with E-state index in [1.54, 1.807) is 0 Å². The molecule has 0 aliphatic heterocycles. The maximum Gasteiger partial charge on any atom is 0.337 e. The number of carbonyl (C=O) groups is 1.